The first kappa shape index (κ1) is 56.7. The van der Waals surface area contributed by atoms with Crippen LogP contribution in [-0.4, -0.2) is 109 Å². The van der Waals surface area contributed by atoms with Crippen molar-refractivity contribution in [3.63, 3.8) is 0 Å². The van der Waals surface area contributed by atoms with Gasteiger partial charge in [-0.05, 0) is 66.1 Å². The number of nitrogens with one attached hydrogen (secondary N) is 3. The highest BCUT2D eigenvalue weighted by atomic mass is 31.2. The molecule has 7 aromatic rings. The van der Waals surface area contributed by atoms with Crippen LogP contribution in [0.4, 0.5) is 11.8 Å². The number of amides is 2. The van der Waals surface area contributed by atoms with E-state index in [0.29, 0.717) is 17.1 Å². The fraction of sp³-hybridized carbons (Fsp3) is 0.339. The molecular formula is C56H59N8O15P. The van der Waals surface area contributed by atoms with Crippen molar-refractivity contribution < 1.29 is 61.5 Å². The summed E-state index contributed by atoms with van der Waals surface area (Å²) < 4.78 is 52.2. The van der Waals surface area contributed by atoms with Gasteiger partial charge in [-0.3, -0.25) is 38.6 Å². The summed E-state index contributed by atoms with van der Waals surface area (Å²) in [5, 5.41) is 5.24. The third kappa shape index (κ3) is 13.0. The van der Waals surface area contributed by atoms with Crippen molar-refractivity contribution >= 4 is 55.1 Å². The first-order valence-electron chi connectivity index (χ1n) is 25.6. The number of aromatic amines is 1. The average Bonchev–Trinajstić information content (AvgIpc) is 4.20. The van der Waals surface area contributed by atoms with Crippen LogP contribution >= 0.6 is 8.60 Å². The highest BCUT2D eigenvalue weighted by molar-refractivity contribution is 7.40. The molecule has 0 aliphatic carbocycles. The van der Waals surface area contributed by atoms with Crippen LogP contribution in [0.5, 0.6) is 11.5 Å². The lowest BCUT2D eigenvalue weighted by atomic mass is 9.80. The van der Waals surface area contributed by atoms with Crippen LogP contribution in [0.25, 0.3) is 11.2 Å². The van der Waals surface area contributed by atoms with E-state index in [1.165, 1.54) is 34.6 Å². The molecule has 3 aromatic heterocycles. The Morgan fingerprint density at radius 1 is 0.762 bits per heavy atom. The van der Waals surface area contributed by atoms with Gasteiger partial charge in [-0.25, -0.2) is 9.78 Å². The first-order valence-corrected chi connectivity index (χ1v) is 26.8. The molecule has 0 saturated carbocycles. The molecule has 2 fully saturated rings. The van der Waals surface area contributed by atoms with Crippen molar-refractivity contribution in [3.8, 4) is 11.5 Å². The number of ether oxygens (including phenoxy) is 6. The molecule has 4 aromatic carbocycles. The molecule has 418 valence electrons. The number of hydrogen-bond acceptors (Lipinski definition) is 18. The predicted octanol–water partition coefficient (Wildman–Crippen LogP) is 6.73. The molecular weight excluding hydrogens is 1060 g/mol. The predicted molar refractivity (Wildman–Crippen MR) is 290 cm³/mol. The number of rotatable bonds is 23. The Bertz CT molecular complexity index is 3370. The molecule has 23 nitrogen and oxygen atoms in total. The zero-order valence-corrected chi connectivity index (χ0v) is 45.1. The Labute approximate surface area is 459 Å². The second kappa shape index (κ2) is 25.4. The number of Topliss-reactive ketones (excluding diaryl/α,β-unsaturated/α-hetero) is 1. The van der Waals surface area contributed by atoms with Crippen molar-refractivity contribution in [1.82, 2.24) is 29.1 Å². The third-order valence-corrected chi connectivity index (χ3v) is 14.3. The molecule has 4 N–H and O–H groups in total. The minimum absolute atomic E-state index is 0.00169. The summed E-state index contributed by atoms with van der Waals surface area (Å²) in [4.78, 5) is 104. The molecule has 2 aliphatic rings. The van der Waals surface area contributed by atoms with Gasteiger partial charge in [-0.15, -0.1) is 0 Å². The van der Waals surface area contributed by atoms with Gasteiger partial charge < -0.3 is 52.5 Å². The standard InChI is InChI=1S/C56H59N8O15P/c1-33(2)51(67)61-54-60-50-49(53(69)62-54)57-32-64(50)47-28-41(78-48(66)25-16-34(3)65)44(77-47)31-75-80(71)79-42-29-46(63-27-26-45(59-55(63)70)58-52(68)35-12-8-6-9-13-35)76-43(42)30-74-56(36-14-10-7-11-15-36,37-17-21-39(72-4)22-18-37)38-19-23-40(73-5)24-20-38/h6-15,17-24,26-27,32-33,41-44,46-47,71H,16,25,28-31H2,1-5H3,(H,58,59,68,70)(H2,60,61,62,67,69)/t41-,42-,43+,44+,46+,47+,80?/m0/s1. The Kier molecular flexibility index (Phi) is 18.0. The maximum atomic E-state index is 13.8. The summed E-state index contributed by atoms with van der Waals surface area (Å²) in [5.74, 6) is -1.05. The Morgan fingerprint density at radius 3 is 1.98 bits per heavy atom. The first-order chi connectivity index (χ1) is 38.6. The molecule has 9 rings (SSSR count). The Morgan fingerprint density at radius 2 is 1.36 bits per heavy atom. The van der Waals surface area contributed by atoms with E-state index in [4.69, 9.17) is 37.5 Å². The lowest BCUT2D eigenvalue weighted by Gasteiger charge is -2.37. The summed E-state index contributed by atoms with van der Waals surface area (Å²) in [6, 6.07) is 34.3. The summed E-state index contributed by atoms with van der Waals surface area (Å²) in [6.45, 7) is 4.12. The van der Waals surface area contributed by atoms with E-state index in [9.17, 15) is 33.7 Å². The lowest BCUT2D eigenvalue weighted by molar-refractivity contribution is -0.153. The van der Waals surface area contributed by atoms with Crippen LogP contribution in [0, 0.1) is 5.92 Å². The van der Waals surface area contributed by atoms with Gasteiger partial charge in [0.1, 0.15) is 59.5 Å². The number of methoxy groups -OCH3 is 2. The van der Waals surface area contributed by atoms with Crippen LogP contribution < -0.4 is 31.4 Å². The van der Waals surface area contributed by atoms with E-state index in [2.05, 4.69) is 30.6 Å². The van der Waals surface area contributed by atoms with Crippen LogP contribution in [0.2, 0.25) is 0 Å². The van der Waals surface area contributed by atoms with Gasteiger partial charge in [0.25, 0.3) is 11.5 Å². The van der Waals surface area contributed by atoms with Gasteiger partial charge in [0.05, 0.1) is 46.3 Å². The number of benzene rings is 4. The second-order valence-corrected chi connectivity index (χ2v) is 20.1. The van der Waals surface area contributed by atoms with Crippen LogP contribution in [0.15, 0.2) is 137 Å². The highest BCUT2D eigenvalue weighted by Crippen LogP contribution is 2.46. The molecule has 5 heterocycles. The normalized spacial score (nSPS) is 19.4. The van der Waals surface area contributed by atoms with Crippen LogP contribution in [0.3, 0.4) is 0 Å². The molecule has 24 heteroatoms. The number of esters is 1. The Balaban J connectivity index is 0.997. The van der Waals surface area contributed by atoms with Crippen molar-refractivity contribution in [3.05, 3.63) is 171 Å². The lowest BCUT2D eigenvalue weighted by Crippen LogP contribution is -2.38. The second-order valence-electron chi connectivity index (χ2n) is 19.2. The number of carbonyl (C=O) groups excluding carboxylic acids is 4. The van der Waals surface area contributed by atoms with E-state index >= 15 is 0 Å². The number of fused-ring (bicyclic) bond motifs is 1. The zero-order valence-electron chi connectivity index (χ0n) is 44.3. The van der Waals surface area contributed by atoms with E-state index in [-0.39, 0.29) is 66.9 Å². The number of ketones is 1. The van der Waals surface area contributed by atoms with E-state index in [1.807, 2.05) is 78.9 Å². The topological polar surface area (TPSA) is 285 Å². The number of aromatic nitrogens is 6. The van der Waals surface area contributed by atoms with Crippen molar-refractivity contribution in [1.29, 1.82) is 0 Å². The van der Waals surface area contributed by atoms with Gasteiger partial charge in [-0.1, -0.05) is 86.6 Å². The maximum absolute atomic E-state index is 13.8. The highest BCUT2D eigenvalue weighted by Gasteiger charge is 2.45. The summed E-state index contributed by atoms with van der Waals surface area (Å²) in [6.07, 6.45) is -3.62. The minimum atomic E-state index is -2.81. The van der Waals surface area contributed by atoms with Crippen LogP contribution in [-0.2, 0) is 48.0 Å². The Hall–Kier alpha value is -8.02. The average molecular weight is 1120 g/mol. The minimum Gasteiger partial charge on any atom is -0.497 e. The quantitative estimate of drug-likeness (QED) is 0.0293. The number of nitrogens with zero attached hydrogens (tertiary/aromatic N) is 5. The van der Waals surface area contributed by atoms with Gasteiger partial charge in [0.15, 0.2) is 11.2 Å². The zero-order chi connectivity index (χ0) is 56.5. The van der Waals surface area contributed by atoms with E-state index in [1.54, 1.807) is 58.4 Å². The number of imidazole rings is 1. The maximum Gasteiger partial charge on any atom is 0.351 e. The van der Waals surface area contributed by atoms with Gasteiger partial charge in [-0.2, -0.15) is 9.97 Å². The monoisotopic (exact) mass is 1110 g/mol. The summed E-state index contributed by atoms with van der Waals surface area (Å²) in [7, 11) is 0.337. The van der Waals surface area contributed by atoms with E-state index < -0.39 is 86.7 Å². The van der Waals surface area contributed by atoms with Crippen molar-refractivity contribution in [2.45, 2.75) is 88.9 Å². The van der Waals surface area contributed by atoms with Crippen molar-refractivity contribution in [2.24, 2.45) is 5.92 Å². The molecule has 0 bridgehead atoms. The molecule has 2 saturated heterocycles. The molecule has 7 atom stereocenters. The molecule has 2 amide bonds. The van der Waals surface area contributed by atoms with Crippen molar-refractivity contribution in [2.75, 3.05) is 38.1 Å². The smallest absolute Gasteiger partial charge is 0.351 e. The largest absolute Gasteiger partial charge is 0.497 e. The van der Waals surface area contributed by atoms with Gasteiger partial charge in [0, 0.05) is 36.9 Å². The molecule has 80 heavy (non-hydrogen) atoms. The molecule has 0 radical (unpaired) electrons. The van der Waals surface area contributed by atoms with Crippen LogP contribution in [0.1, 0.15) is 86.0 Å². The summed E-state index contributed by atoms with van der Waals surface area (Å²) in [5.41, 5.74) is -0.120. The number of hydrogen-bond donors (Lipinski definition) is 4. The number of H-pyrrole nitrogens is 1. The molecule has 0 spiro atoms. The molecule has 2 aliphatic heterocycles. The number of anilines is 2. The fourth-order valence-corrected chi connectivity index (χ4v) is 10.1. The fourth-order valence-electron chi connectivity index (χ4n) is 9.28. The van der Waals surface area contributed by atoms with E-state index in [0.717, 1.165) is 16.7 Å². The number of carbonyl (C=O) groups is 4. The van der Waals surface area contributed by atoms with Gasteiger partial charge >= 0.3 is 20.3 Å². The summed E-state index contributed by atoms with van der Waals surface area (Å²) >= 11 is 0. The third-order valence-electron chi connectivity index (χ3n) is 13.5. The van der Waals surface area contributed by atoms with Gasteiger partial charge in [0.2, 0.25) is 11.9 Å². The molecule has 1 unspecified atom stereocenters. The SMILES string of the molecule is COc1ccc(C(OC[C@H]2O[C@@H](n3ccc(NC(=O)c4ccccc4)nc3=O)C[C@@H]2OP(O)OC[C@H]2O[C@@H](n3cnc4c(=O)[nH]c(NC(=O)C(C)C)nc43)C[C@@H]2OC(=O)CCC(C)=O)(c2ccccc2)c2ccc(OC)cc2)cc1.